The van der Waals surface area contributed by atoms with Gasteiger partial charge in [0.05, 0.1) is 4.92 Å². The summed E-state index contributed by atoms with van der Waals surface area (Å²) < 4.78 is 27.9. The lowest BCUT2D eigenvalue weighted by molar-refractivity contribution is -0.387. The van der Waals surface area contributed by atoms with Crippen LogP contribution in [0.4, 0.5) is 5.69 Å². The minimum atomic E-state index is -4.25. The van der Waals surface area contributed by atoms with Gasteiger partial charge < -0.3 is 5.32 Å². The molecule has 1 amide bonds. The predicted molar refractivity (Wildman–Crippen MR) is 102 cm³/mol. The zero-order valence-corrected chi connectivity index (χ0v) is 16.7. The first kappa shape index (κ1) is 19.3. The van der Waals surface area contributed by atoms with Crippen molar-refractivity contribution in [3.8, 4) is 0 Å². The Hall–Kier alpha value is -2.00. The van der Waals surface area contributed by atoms with Gasteiger partial charge in [-0.3, -0.25) is 14.9 Å². The molecule has 4 aliphatic rings. The molecule has 8 nitrogen and oxygen atoms in total. The summed E-state index contributed by atoms with van der Waals surface area (Å²) in [6, 6.07) is 5.22. The number of carbonyl (C=O) groups excluding carboxylic acids is 1. The van der Waals surface area contributed by atoms with Gasteiger partial charge in [-0.1, -0.05) is 12.1 Å². The summed E-state index contributed by atoms with van der Waals surface area (Å²) in [6.45, 7) is 2.97. The second kappa shape index (κ2) is 6.52. The van der Waals surface area contributed by atoms with E-state index in [4.69, 9.17) is 0 Å². The van der Waals surface area contributed by atoms with Crippen LogP contribution in [0.25, 0.3) is 0 Å². The van der Waals surface area contributed by atoms with Crippen molar-refractivity contribution in [1.29, 1.82) is 0 Å². The number of amides is 1. The van der Waals surface area contributed by atoms with E-state index < -0.39 is 37.0 Å². The number of hydrogen-bond acceptors (Lipinski definition) is 5. The zero-order valence-electron chi connectivity index (χ0n) is 15.9. The fraction of sp³-hybridized carbons (Fsp3) is 0.632. The lowest BCUT2D eigenvalue weighted by Gasteiger charge is -2.35. The van der Waals surface area contributed by atoms with Gasteiger partial charge in [0.15, 0.2) is 4.90 Å². The maximum Gasteiger partial charge on any atom is 0.289 e. The molecule has 2 N–H and O–H groups in total. The number of para-hydroxylation sites is 1. The van der Waals surface area contributed by atoms with Crippen molar-refractivity contribution in [2.45, 2.75) is 56.0 Å². The molecule has 28 heavy (non-hydrogen) atoms. The molecule has 5 unspecified atom stereocenters. The van der Waals surface area contributed by atoms with E-state index in [9.17, 15) is 23.3 Å². The zero-order chi connectivity index (χ0) is 20.3. The highest BCUT2D eigenvalue weighted by Gasteiger charge is 2.54. The van der Waals surface area contributed by atoms with Crippen molar-refractivity contribution in [1.82, 2.24) is 10.0 Å². The van der Waals surface area contributed by atoms with Crippen LogP contribution in [0, 0.1) is 33.8 Å². The van der Waals surface area contributed by atoms with Crippen molar-refractivity contribution < 1.29 is 18.1 Å². The van der Waals surface area contributed by atoms with Crippen LogP contribution in [0.5, 0.6) is 0 Å². The Morgan fingerprint density at radius 3 is 2.50 bits per heavy atom. The first-order chi connectivity index (χ1) is 13.1. The van der Waals surface area contributed by atoms with Gasteiger partial charge in [0.25, 0.3) is 5.69 Å². The van der Waals surface area contributed by atoms with Crippen LogP contribution in [0.2, 0.25) is 0 Å². The number of nitro benzene ring substituents is 1. The highest BCUT2D eigenvalue weighted by molar-refractivity contribution is 7.89. The Morgan fingerprint density at radius 1 is 1.14 bits per heavy atom. The van der Waals surface area contributed by atoms with E-state index in [1.54, 1.807) is 0 Å². The van der Waals surface area contributed by atoms with Gasteiger partial charge in [0, 0.05) is 12.1 Å². The monoisotopic (exact) mass is 407 g/mol. The van der Waals surface area contributed by atoms with Crippen LogP contribution in [0.1, 0.15) is 39.5 Å². The van der Waals surface area contributed by atoms with E-state index in [0.29, 0.717) is 17.8 Å². The van der Waals surface area contributed by atoms with Gasteiger partial charge in [0.1, 0.15) is 5.54 Å². The number of nitro groups is 1. The van der Waals surface area contributed by atoms with Gasteiger partial charge in [-0.25, -0.2) is 8.42 Å². The molecule has 4 aliphatic carbocycles. The van der Waals surface area contributed by atoms with E-state index in [1.807, 2.05) is 0 Å². The molecule has 4 saturated carbocycles. The second-order valence-electron chi connectivity index (χ2n) is 8.95. The highest BCUT2D eigenvalue weighted by Crippen LogP contribution is 2.58. The van der Waals surface area contributed by atoms with E-state index in [1.165, 1.54) is 38.5 Å². The topological polar surface area (TPSA) is 118 Å². The lowest BCUT2D eigenvalue weighted by Crippen LogP contribution is -2.58. The minimum Gasteiger partial charge on any atom is -0.351 e. The molecule has 4 fully saturated rings. The normalized spacial score (nSPS) is 31.1. The molecule has 0 radical (unpaired) electrons. The highest BCUT2D eigenvalue weighted by atomic mass is 32.2. The molecule has 152 valence electrons. The SMILES string of the molecule is CC(C)(NS(=O)(=O)c1ccccc1[N+](=O)[O-])C(=O)NC1C2CC3CC(C2)C1C3. The minimum absolute atomic E-state index is 0.103. The van der Waals surface area contributed by atoms with E-state index in [0.717, 1.165) is 31.2 Å². The number of rotatable bonds is 6. The number of nitrogens with one attached hydrogen (secondary N) is 2. The predicted octanol–water partition coefficient (Wildman–Crippen LogP) is 2.20. The van der Waals surface area contributed by atoms with Crippen molar-refractivity contribution in [3.63, 3.8) is 0 Å². The molecule has 9 heteroatoms. The first-order valence-electron chi connectivity index (χ1n) is 9.67. The Morgan fingerprint density at radius 2 is 1.82 bits per heavy atom. The third-order valence-corrected chi connectivity index (χ3v) is 8.37. The summed E-state index contributed by atoms with van der Waals surface area (Å²) >= 11 is 0. The Labute approximate surface area is 164 Å². The molecule has 1 aromatic rings. The summed E-state index contributed by atoms with van der Waals surface area (Å²) in [5.41, 5.74) is -1.95. The largest absolute Gasteiger partial charge is 0.351 e. The van der Waals surface area contributed by atoms with Crippen molar-refractivity contribution in [3.05, 3.63) is 34.4 Å². The summed E-state index contributed by atoms with van der Waals surface area (Å²) in [6.07, 6.45) is 4.69. The third kappa shape index (κ3) is 3.20. The average Bonchev–Trinajstić information content (AvgIpc) is 3.02. The molecule has 0 aliphatic heterocycles. The van der Waals surface area contributed by atoms with Gasteiger partial charge >= 0.3 is 0 Å². The molecule has 0 spiro atoms. The van der Waals surface area contributed by atoms with E-state index in [-0.39, 0.29) is 6.04 Å². The number of nitrogens with zero attached hydrogens (tertiary/aromatic N) is 1. The van der Waals surface area contributed by atoms with Crippen LogP contribution in [0.15, 0.2) is 29.2 Å². The van der Waals surface area contributed by atoms with Gasteiger partial charge in [-0.2, -0.15) is 4.72 Å². The number of carbonyl (C=O) groups is 1. The molecular formula is C19H25N3O5S. The van der Waals surface area contributed by atoms with E-state index >= 15 is 0 Å². The van der Waals surface area contributed by atoms with Crippen LogP contribution >= 0.6 is 0 Å². The van der Waals surface area contributed by atoms with Crippen LogP contribution in [-0.4, -0.2) is 30.8 Å². The lowest BCUT2D eigenvalue weighted by atomic mass is 9.79. The second-order valence-corrected chi connectivity index (χ2v) is 10.6. The molecule has 0 heterocycles. The quantitative estimate of drug-likeness (QED) is 0.554. The Balaban J connectivity index is 1.51. The number of hydrogen-bond donors (Lipinski definition) is 2. The van der Waals surface area contributed by atoms with Crippen molar-refractivity contribution >= 4 is 21.6 Å². The summed E-state index contributed by atoms with van der Waals surface area (Å²) in [5.74, 6) is 2.05. The first-order valence-corrected chi connectivity index (χ1v) is 11.1. The molecule has 0 aromatic heterocycles. The fourth-order valence-corrected chi connectivity index (χ4v) is 7.12. The summed E-state index contributed by atoms with van der Waals surface area (Å²) in [4.78, 5) is 22.9. The average molecular weight is 407 g/mol. The van der Waals surface area contributed by atoms with Gasteiger partial charge in [-0.05, 0) is 69.3 Å². The van der Waals surface area contributed by atoms with Crippen LogP contribution in [0.3, 0.4) is 0 Å². The number of sulfonamides is 1. The standard InChI is InChI=1S/C19H25N3O5S/c1-19(2,21-28(26,27)16-6-4-3-5-15(16)22(24)25)18(23)20-17-13-8-11-7-12(10-13)14(17)9-11/h3-6,11-14,17,21H,7-10H2,1-2H3,(H,20,23). The third-order valence-electron chi connectivity index (χ3n) is 6.66. The van der Waals surface area contributed by atoms with Gasteiger partial charge in [0.2, 0.25) is 15.9 Å². The summed E-state index contributed by atoms with van der Waals surface area (Å²) in [7, 11) is -4.25. The summed E-state index contributed by atoms with van der Waals surface area (Å²) in [5, 5.41) is 14.3. The smallest absolute Gasteiger partial charge is 0.289 e. The molecular weight excluding hydrogens is 382 g/mol. The molecule has 1 aromatic carbocycles. The van der Waals surface area contributed by atoms with Crippen LogP contribution in [-0.2, 0) is 14.8 Å². The Kier molecular flexibility index (Phi) is 4.50. The maximum absolute atomic E-state index is 12.9. The van der Waals surface area contributed by atoms with E-state index in [2.05, 4.69) is 10.0 Å². The Bertz CT molecular complexity index is 925. The van der Waals surface area contributed by atoms with Crippen molar-refractivity contribution in [2.24, 2.45) is 23.7 Å². The molecule has 5 atom stereocenters. The van der Waals surface area contributed by atoms with Crippen molar-refractivity contribution in [2.75, 3.05) is 0 Å². The molecule has 0 saturated heterocycles. The molecule has 5 rings (SSSR count). The fourth-order valence-electron chi connectivity index (χ4n) is 5.57. The number of benzene rings is 1. The maximum atomic E-state index is 12.9. The van der Waals surface area contributed by atoms with Gasteiger partial charge in [-0.15, -0.1) is 0 Å². The van der Waals surface area contributed by atoms with Crippen LogP contribution < -0.4 is 10.0 Å². The molecule has 4 bridgehead atoms.